The van der Waals surface area contributed by atoms with Crippen LogP contribution < -0.4 is 10.5 Å². The van der Waals surface area contributed by atoms with E-state index in [1.165, 1.54) is 0 Å². The first kappa shape index (κ1) is 15.9. The fourth-order valence-corrected chi connectivity index (χ4v) is 2.12. The highest BCUT2D eigenvalue weighted by Gasteiger charge is 2.18. The van der Waals surface area contributed by atoms with Crippen LogP contribution in [-0.4, -0.2) is 32.1 Å². The van der Waals surface area contributed by atoms with Gasteiger partial charge in [-0.05, 0) is 57.6 Å². The molecule has 1 aromatic carbocycles. The number of rotatable bonds is 7. The van der Waals surface area contributed by atoms with Gasteiger partial charge in [0.2, 0.25) is 0 Å². The Morgan fingerprint density at radius 1 is 1.37 bits per heavy atom. The van der Waals surface area contributed by atoms with Gasteiger partial charge in [-0.3, -0.25) is 0 Å². The molecule has 3 nitrogen and oxygen atoms in total. The van der Waals surface area contributed by atoms with Crippen LogP contribution in [0.4, 0.5) is 4.39 Å². The second kappa shape index (κ2) is 7.46. The summed E-state index contributed by atoms with van der Waals surface area (Å²) in [6, 6.07) is 5.38. The fraction of sp³-hybridized carbons (Fsp3) is 0.600. The minimum atomic E-state index is -0.299. The molecule has 0 spiro atoms. The molecular formula is C15H25FN2O. The maximum atomic E-state index is 13.9. The molecule has 0 heterocycles. The number of halogens is 1. The maximum absolute atomic E-state index is 13.9. The molecule has 2 atom stereocenters. The molecule has 108 valence electrons. The standard InChI is InChI=1S/C15H25FN2O/c1-5-19-15-7-6-12(9-13(15)16)14(18(3)4)8-11(2)10-17/h6-7,9,11,14H,5,8,10,17H2,1-4H3. The largest absolute Gasteiger partial charge is 0.491 e. The van der Waals surface area contributed by atoms with Crippen molar-refractivity contribution in [1.82, 2.24) is 4.90 Å². The topological polar surface area (TPSA) is 38.5 Å². The Labute approximate surface area is 115 Å². The lowest BCUT2D eigenvalue weighted by Crippen LogP contribution is -2.24. The molecule has 0 aromatic heterocycles. The van der Waals surface area contributed by atoms with E-state index in [0.29, 0.717) is 24.8 Å². The highest BCUT2D eigenvalue weighted by Crippen LogP contribution is 2.29. The lowest BCUT2D eigenvalue weighted by molar-refractivity contribution is 0.254. The zero-order valence-corrected chi connectivity index (χ0v) is 12.3. The fourth-order valence-electron chi connectivity index (χ4n) is 2.12. The van der Waals surface area contributed by atoms with Gasteiger partial charge in [-0.15, -0.1) is 0 Å². The SMILES string of the molecule is CCOc1ccc(C(CC(C)CN)N(C)C)cc1F. The number of hydrogen-bond donors (Lipinski definition) is 1. The van der Waals surface area contributed by atoms with Crippen LogP contribution in [0.1, 0.15) is 31.9 Å². The van der Waals surface area contributed by atoms with E-state index >= 15 is 0 Å². The number of ether oxygens (including phenoxy) is 1. The normalized spacial score (nSPS) is 14.5. The molecule has 1 rings (SSSR count). The van der Waals surface area contributed by atoms with Crippen molar-refractivity contribution in [3.8, 4) is 5.75 Å². The molecule has 2 N–H and O–H groups in total. The van der Waals surface area contributed by atoms with E-state index in [4.69, 9.17) is 10.5 Å². The van der Waals surface area contributed by atoms with Crippen LogP contribution >= 0.6 is 0 Å². The lowest BCUT2D eigenvalue weighted by Gasteiger charge is -2.27. The minimum Gasteiger partial charge on any atom is -0.491 e. The highest BCUT2D eigenvalue weighted by atomic mass is 19.1. The smallest absolute Gasteiger partial charge is 0.165 e. The summed E-state index contributed by atoms with van der Waals surface area (Å²) in [7, 11) is 4.00. The van der Waals surface area contributed by atoms with E-state index in [-0.39, 0.29) is 11.9 Å². The molecule has 0 aliphatic heterocycles. The zero-order valence-electron chi connectivity index (χ0n) is 12.3. The monoisotopic (exact) mass is 268 g/mol. The first-order chi connectivity index (χ1) is 8.99. The summed E-state index contributed by atoms with van der Waals surface area (Å²) in [5, 5.41) is 0. The van der Waals surface area contributed by atoms with Crippen molar-refractivity contribution in [2.24, 2.45) is 11.7 Å². The predicted molar refractivity (Wildman–Crippen MR) is 76.8 cm³/mol. The molecule has 4 heteroatoms. The molecule has 1 aromatic rings. The average Bonchev–Trinajstić information content (AvgIpc) is 2.38. The van der Waals surface area contributed by atoms with Crippen molar-refractivity contribution in [3.05, 3.63) is 29.6 Å². The Morgan fingerprint density at radius 3 is 2.53 bits per heavy atom. The van der Waals surface area contributed by atoms with Crippen LogP contribution in [0, 0.1) is 11.7 Å². The van der Waals surface area contributed by atoms with Crippen LogP contribution in [0.15, 0.2) is 18.2 Å². The first-order valence-corrected chi connectivity index (χ1v) is 6.78. The van der Waals surface area contributed by atoms with Crippen molar-refractivity contribution in [3.63, 3.8) is 0 Å². The van der Waals surface area contributed by atoms with Crippen LogP contribution in [0.25, 0.3) is 0 Å². The molecule has 0 saturated heterocycles. The molecule has 0 fully saturated rings. The van der Waals surface area contributed by atoms with Crippen molar-refractivity contribution >= 4 is 0 Å². The van der Waals surface area contributed by atoms with Crippen molar-refractivity contribution in [1.29, 1.82) is 0 Å². The van der Waals surface area contributed by atoms with Crippen molar-refractivity contribution < 1.29 is 9.13 Å². The molecule has 0 aliphatic rings. The van der Waals surface area contributed by atoms with Gasteiger partial charge >= 0.3 is 0 Å². The Morgan fingerprint density at radius 2 is 2.05 bits per heavy atom. The first-order valence-electron chi connectivity index (χ1n) is 6.78. The summed E-state index contributed by atoms with van der Waals surface area (Å²) in [5.74, 6) is 0.421. The third-order valence-electron chi connectivity index (χ3n) is 3.29. The van der Waals surface area contributed by atoms with Gasteiger partial charge in [0, 0.05) is 6.04 Å². The van der Waals surface area contributed by atoms with E-state index < -0.39 is 0 Å². The van der Waals surface area contributed by atoms with E-state index in [9.17, 15) is 4.39 Å². The Bertz CT molecular complexity index is 396. The average molecular weight is 268 g/mol. The van der Waals surface area contributed by atoms with E-state index in [1.807, 2.05) is 27.1 Å². The number of benzene rings is 1. The highest BCUT2D eigenvalue weighted by molar-refractivity contribution is 5.31. The van der Waals surface area contributed by atoms with Crippen molar-refractivity contribution in [2.75, 3.05) is 27.2 Å². The summed E-state index contributed by atoms with van der Waals surface area (Å²) in [6.07, 6.45) is 0.914. The number of hydrogen-bond acceptors (Lipinski definition) is 3. The summed E-state index contributed by atoms with van der Waals surface area (Å²) in [4.78, 5) is 2.10. The van der Waals surface area contributed by atoms with Gasteiger partial charge in [-0.1, -0.05) is 13.0 Å². The van der Waals surface area contributed by atoms with Gasteiger partial charge in [0.1, 0.15) is 0 Å². The van der Waals surface area contributed by atoms with Gasteiger partial charge in [-0.2, -0.15) is 0 Å². The third kappa shape index (κ3) is 4.48. The van der Waals surface area contributed by atoms with Crippen LogP contribution in [-0.2, 0) is 0 Å². The van der Waals surface area contributed by atoms with Crippen LogP contribution in [0.3, 0.4) is 0 Å². The molecule has 0 bridgehead atoms. The van der Waals surface area contributed by atoms with Crippen LogP contribution in [0.2, 0.25) is 0 Å². The Kier molecular flexibility index (Phi) is 6.25. The Balaban J connectivity index is 2.93. The van der Waals surface area contributed by atoms with E-state index in [2.05, 4.69) is 11.8 Å². The van der Waals surface area contributed by atoms with Crippen LogP contribution in [0.5, 0.6) is 5.75 Å². The number of nitrogens with two attached hydrogens (primary N) is 1. The van der Waals surface area contributed by atoms with Gasteiger partial charge < -0.3 is 15.4 Å². The summed E-state index contributed by atoms with van der Waals surface area (Å²) >= 11 is 0. The van der Waals surface area contributed by atoms with Gasteiger partial charge in [0.25, 0.3) is 0 Å². The molecule has 0 aliphatic carbocycles. The van der Waals surface area contributed by atoms with Gasteiger partial charge in [0.05, 0.1) is 6.61 Å². The maximum Gasteiger partial charge on any atom is 0.165 e. The van der Waals surface area contributed by atoms with Crippen molar-refractivity contribution in [2.45, 2.75) is 26.3 Å². The second-order valence-electron chi connectivity index (χ2n) is 5.18. The summed E-state index contributed by atoms with van der Waals surface area (Å²) in [6.45, 7) is 5.07. The second-order valence-corrected chi connectivity index (χ2v) is 5.18. The molecule has 19 heavy (non-hydrogen) atoms. The summed E-state index contributed by atoms with van der Waals surface area (Å²) in [5.41, 5.74) is 6.64. The molecule has 2 unspecified atom stereocenters. The molecule has 0 amide bonds. The number of nitrogens with zero attached hydrogens (tertiary/aromatic N) is 1. The van der Waals surface area contributed by atoms with Gasteiger partial charge in [-0.25, -0.2) is 4.39 Å². The quantitative estimate of drug-likeness (QED) is 0.826. The molecule has 0 saturated carbocycles. The lowest BCUT2D eigenvalue weighted by atomic mass is 9.95. The zero-order chi connectivity index (χ0) is 14.4. The molecular weight excluding hydrogens is 243 g/mol. The summed E-state index contributed by atoms with van der Waals surface area (Å²) < 4.78 is 19.1. The Hall–Kier alpha value is -1.13. The van der Waals surface area contributed by atoms with E-state index in [1.54, 1.807) is 12.1 Å². The minimum absolute atomic E-state index is 0.170. The third-order valence-corrected chi connectivity index (χ3v) is 3.29. The van der Waals surface area contributed by atoms with E-state index in [0.717, 1.165) is 12.0 Å². The molecule has 0 radical (unpaired) electrons. The predicted octanol–water partition coefficient (Wildman–Crippen LogP) is 2.81. The van der Waals surface area contributed by atoms with Gasteiger partial charge in [0.15, 0.2) is 11.6 Å².